The molecule has 1 atom stereocenters. The van der Waals surface area contributed by atoms with Crippen molar-refractivity contribution in [1.82, 2.24) is 4.98 Å². The van der Waals surface area contributed by atoms with E-state index >= 15 is 0 Å². The van der Waals surface area contributed by atoms with E-state index in [2.05, 4.69) is 10.3 Å². The Bertz CT molecular complexity index is 1280. The number of carbonyl (C=O) groups excluding carboxylic acids is 2. The van der Waals surface area contributed by atoms with Gasteiger partial charge in [0.05, 0.1) is 15.8 Å². The van der Waals surface area contributed by atoms with Crippen LogP contribution in [0.5, 0.6) is 0 Å². The smallest absolute Gasteiger partial charge is 0.339 e. The fraction of sp³-hybridized carbons (Fsp3) is 0.125. The summed E-state index contributed by atoms with van der Waals surface area (Å²) >= 11 is 1.44. The first kappa shape index (κ1) is 18.5. The summed E-state index contributed by atoms with van der Waals surface area (Å²) < 4.78 is 6.62. The minimum atomic E-state index is -0.362. The van der Waals surface area contributed by atoms with Gasteiger partial charge in [-0.1, -0.05) is 53.8 Å². The summed E-state index contributed by atoms with van der Waals surface area (Å²) in [4.78, 5) is 29.8. The fourth-order valence-electron chi connectivity index (χ4n) is 3.70. The van der Waals surface area contributed by atoms with Crippen LogP contribution in [-0.4, -0.2) is 16.9 Å². The van der Waals surface area contributed by atoms with Crippen molar-refractivity contribution in [2.24, 2.45) is 0 Å². The lowest BCUT2D eigenvalue weighted by Crippen LogP contribution is -2.23. The zero-order valence-corrected chi connectivity index (χ0v) is 17.0. The number of fused-ring (bicyclic) bond motifs is 2. The molecule has 1 aliphatic heterocycles. The van der Waals surface area contributed by atoms with Crippen molar-refractivity contribution in [2.45, 2.75) is 19.4 Å². The van der Waals surface area contributed by atoms with Gasteiger partial charge in [0, 0.05) is 12.0 Å². The lowest BCUT2D eigenvalue weighted by molar-refractivity contribution is 0.0252. The molecular formula is C24H18N2O3S. The van der Waals surface area contributed by atoms with Gasteiger partial charge in [-0.05, 0) is 47.9 Å². The summed E-state index contributed by atoms with van der Waals surface area (Å²) in [7, 11) is 0. The molecule has 1 aromatic heterocycles. The molecule has 6 heteroatoms. The fourth-order valence-corrected chi connectivity index (χ4v) is 4.64. The molecule has 5 rings (SSSR count). The molecule has 0 spiro atoms. The largest absolute Gasteiger partial charge is 0.454 e. The number of carbonyl (C=O) groups is 2. The molecule has 0 radical (unpaired) electrons. The van der Waals surface area contributed by atoms with Gasteiger partial charge in [-0.15, -0.1) is 0 Å². The Morgan fingerprint density at radius 1 is 1.10 bits per heavy atom. The maximum absolute atomic E-state index is 12.8. The average Bonchev–Trinajstić information content (AvgIpc) is 3.18. The molecule has 1 amide bonds. The van der Waals surface area contributed by atoms with Gasteiger partial charge in [0.25, 0.3) is 5.91 Å². The van der Waals surface area contributed by atoms with Crippen LogP contribution in [0.4, 0.5) is 5.13 Å². The molecule has 2 heterocycles. The molecular weight excluding hydrogens is 396 g/mol. The molecule has 0 aliphatic carbocycles. The molecule has 30 heavy (non-hydrogen) atoms. The van der Waals surface area contributed by atoms with Gasteiger partial charge >= 0.3 is 5.97 Å². The highest BCUT2D eigenvalue weighted by atomic mass is 32.1. The Morgan fingerprint density at radius 3 is 2.73 bits per heavy atom. The van der Waals surface area contributed by atoms with Crippen molar-refractivity contribution in [2.75, 3.05) is 5.32 Å². The van der Waals surface area contributed by atoms with Crippen LogP contribution in [0.3, 0.4) is 0 Å². The SMILES string of the molecule is Cc1cccc2sc(NC(=O)c3ccc4c(c3)CC(c3ccccc3)OC4=O)nc12. The second kappa shape index (κ2) is 7.39. The number of ether oxygens (including phenoxy) is 1. The molecule has 5 nitrogen and oxygen atoms in total. The predicted octanol–water partition coefficient (Wildman–Crippen LogP) is 5.31. The van der Waals surface area contributed by atoms with E-state index in [9.17, 15) is 9.59 Å². The number of hydrogen-bond acceptors (Lipinski definition) is 5. The van der Waals surface area contributed by atoms with Gasteiger partial charge in [0.15, 0.2) is 5.13 Å². The predicted molar refractivity (Wildman–Crippen MR) is 117 cm³/mol. The Morgan fingerprint density at radius 2 is 1.93 bits per heavy atom. The Labute approximate surface area is 177 Å². The highest BCUT2D eigenvalue weighted by Crippen LogP contribution is 2.32. The van der Waals surface area contributed by atoms with Gasteiger partial charge in [0.1, 0.15) is 6.10 Å². The number of cyclic esters (lactones) is 1. The number of nitrogens with zero attached hydrogens (tertiary/aromatic N) is 1. The summed E-state index contributed by atoms with van der Waals surface area (Å²) in [5.74, 6) is -0.608. The third-order valence-electron chi connectivity index (χ3n) is 5.25. The maximum atomic E-state index is 12.8. The Kier molecular flexibility index (Phi) is 4.56. The number of rotatable bonds is 3. The van der Waals surface area contributed by atoms with E-state index in [0.717, 1.165) is 26.9 Å². The third-order valence-corrected chi connectivity index (χ3v) is 6.19. The number of aromatic nitrogens is 1. The van der Waals surface area contributed by atoms with Gasteiger partial charge in [-0.2, -0.15) is 0 Å². The van der Waals surface area contributed by atoms with Gasteiger partial charge < -0.3 is 4.74 Å². The van der Waals surface area contributed by atoms with E-state index in [-0.39, 0.29) is 18.0 Å². The molecule has 1 aliphatic rings. The van der Waals surface area contributed by atoms with Gasteiger partial charge in [0.2, 0.25) is 0 Å². The van der Waals surface area contributed by atoms with Crippen molar-refractivity contribution in [1.29, 1.82) is 0 Å². The highest BCUT2D eigenvalue weighted by molar-refractivity contribution is 7.22. The van der Waals surface area contributed by atoms with Gasteiger partial charge in [-0.3, -0.25) is 10.1 Å². The summed E-state index contributed by atoms with van der Waals surface area (Å²) in [5, 5.41) is 3.45. The van der Waals surface area contributed by atoms with E-state index in [0.29, 0.717) is 22.7 Å². The van der Waals surface area contributed by atoms with Crippen LogP contribution in [-0.2, 0) is 11.2 Å². The van der Waals surface area contributed by atoms with Crippen LogP contribution in [0.2, 0.25) is 0 Å². The monoisotopic (exact) mass is 414 g/mol. The normalized spacial score (nSPS) is 15.5. The van der Waals surface area contributed by atoms with E-state index < -0.39 is 0 Å². The van der Waals surface area contributed by atoms with Crippen molar-refractivity contribution in [3.05, 3.63) is 94.5 Å². The number of anilines is 1. The Hall–Kier alpha value is -3.51. The molecule has 0 fully saturated rings. The number of aryl methyl sites for hydroxylation is 1. The van der Waals surface area contributed by atoms with E-state index in [1.165, 1.54) is 11.3 Å². The number of nitrogens with one attached hydrogen (secondary N) is 1. The van der Waals surface area contributed by atoms with E-state index in [1.807, 2.05) is 55.5 Å². The highest BCUT2D eigenvalue weighted by Gasteiger charge is 2.28. The molecule has 0 saturated heterocycles. The quantitative estimate of drug-likeness (QED) is 0.461. The van der Waals surface area contributed by atoms with Gasteiger partial charge in [-0.25, -0.2) is 9.78 Å². The average molecular weight is 414 g/mol. The zero-order valence-electron chi connectivity index (χ0n) is 16.2. The van der Waals surface area contributed by atoms with E-state index in [4.69, 9.17) is 4.74 Å². The molecule has 3 aromatic carbocycles. The summed E-state index contributed by atoms with van der Waals surface area (Å²) in [6.07, 6.45) is 0.184. The summed E-state index contributed by atoms with van der Waals surface area (Å²) in [6.45, 7) is 2.00. The standard InChI is InChI=1S/C24H18N2O3S/c1-14-6-5-9-20-21(14)25-24(30-20)26-22(27)16-10-11-18-17(12-16)13-19(29-23(18)28)15-7-3-2-4-8-15/h2-12,19H,13H2,1H3,(H,25,26,27). The topological polar surface area (TPSA) is 68.3 Å². The third kappa shape index (κ3) is 3.35. The summed E-state index contributed by atoms with van der Waals surface area (Å²) in [5.41, 5.74) is 4.73. The molecule has 1 unspecified atom stereocenters. The van der Waals surface area contributed by atoms with Crippen LogP contribution in [0, 0.1) is 6.92 Å². The lowest BCUT2D eigenvalue weighted by Gasteiger charge is -2.25. The molecule has 148 valence electrons. The number of amides is 1. The van der Waals surface area contributed by atoms with Crippen LogP contribution in [0.1, 0.15) is 43.5 Å². The molecule has 1 N–H and O–H groups in total. The van der Waals surface area contributed by atoms with Crippen molar-refractivity contribution in [3.63, 3.8) is 0 Å². The van der Waals surface area contributed by atoms with Crippen LogP contribution < -0.4 is 5.32 Å². The molecule has 0 bridgehead atoms. The van der Waals surface area contributed by atoms with Crippen molar-refractivity contribution in [3.8, 4) is 0 Å². The van der Waals surface area contributed by atoms with Crippen molar-refractivity contribution < 1.29 is 14.3 Å². The Balaban J connectivity index is 1.41. The minimum Gasteiger partial charge on any atom is -0.454 e. The van der Waals surface area contributed by atoms with Crippen LogP contribution in [0.15, 0.2) is 66.7 Å². The lowest BCUT2D eigenvalue weighted by atomic mass is 9.93. The van der Waals surface area contributed by atoms with E-state index in [1.54, 1.807) is 18.2 Å². The summed E-state index contributed by atoms with van der Waals surface area (Å²) in [6, 6.07) is 20.7. The molecule has 4 aromatic rings. The number of hydrogen-bond donors (Lipinski definition) is 1. The first-order chi connectivity index (χ1) is 14.6. The van der Waals surface area contributed by atoms with Crippen LogP contribution in [0.25, 0.3) is 10.2 Å². The second-order valence-corrected chi connectivity index (χ2v) is 8.31. The van der Waals surface area contributed by atoms with Crippen LogP contribution >= 0.6 is 11.3 Å². The number of thiazole rings is 1. The van der Waals surface area contributed by atoms with Crippen molar-refractivity contribution >= 4 is 38.6 Å². The first-order valence-corrected chi connectivity index (χ1v) is 10.5. The first-order valence-electron chi connectivity index (χ1n) is 9.65. The number of para-hydroxylation sites is 1. The minimum absolute atomic E-state index is 0.246. The molecule has 0 saturated carbocycles. The second-order valence-electron chi connectivity index (χ2n) is 7.28. The number of esters is 1. The number of benzene rings is 3. The zero-order chi connectivity index (χ0) is 20.7. The maximum Gasteiger partial charge on any atom is 0.339 e.